The average molecular weight is 365 g/mol. The number of rotatable bonds is 5. The molecule has 22 heavy (non-hydrogen) atoms. The highest BCUT2D eigenvalue weighted by molar-refractivity contribution is 7.88. The fourth-order valence-electron chi connectivity index (χ4n) is 3.09. The third kappa shape index (κ3) is 3.38. The van der Waals surface area contributed by atoms with E-state index in [-0.39, 0.29) is 0 Å². The first-order valence-corrected chi connectivity index (χ1v) is 14.6. The molecular weight excluding hydrogens is 327 g/mol. The van der Waals surface area contributed by atoms with Gasteiger partial charge in [-0.25, -0.2) is 13.5 Å². The molecule has 0 bridgehead atoms. The summed E-state index contributed by atoms with van der Waals surface area (Å²) in [7, 11) is -5.01. The van der Waals surface area contributed by atoms with Gasteiger partial charge in [0.15, 0.2) is 0 Å². The zero-order chi connectivity index (χ0) is 17.5. The highest BCUT2D eigenvalue weighted by Gasteiger charge is 2.41. The van der Waals surface area contributed by atoms with Gasteiger partial charge in [0.25, 0.3) is 0 Å². The van der Waals surface area contributed by atoms with Crippen molar-refractivity contribution in [1.82, 2.24) is 0 Å². The van der Waals surface area contributed by atoms with Crippen LogP contribution >= 0.6 is 21.6 Å². The van der Waals surface area contributed by atoms with Crippen molar-refractivity contribution >= 4 is 21.6 Å². The van der Waals surface area contributed by atoms with Gasteiger partial charge in [0.05, 0.1) is 21.6 Å². The molecule has 6 heteroatoms. The van der Waals surface area contributed by atoms with Crippen molar-refractivity contribution in [3.8, 4) is 0 Å². The molecule has 0 aromatic rings. The summed E-state index contributed by atoms with van der Waals surface area (Å²) in [4.78, 5) is 0. The van der Waals surface area contributed by atoms with Crippen LogP contribution in [0.3, 0.4) is 0 Å². The lowest BCUT2D eigenvalue weighted by Crippen LogP contribution is -2.15. The van der Waals surface area contributed by atoms with Gasteiger partial charge in [0, 0.05) is 28.3 Å². The summed E-state index contributed by atoms with van der Waals surface area (Å²) in [5.74, 6) is 0. The molecule has 0 aromatic carbocycles. The lowest BCUT2D eigenvalue weighted by molar-refractivity contribution is 0.963. The van der Waals surface area contributed by atoms with E-state index in [1.165, 1.54) is 0 Å². The lowest BCUT2D eigenvalue weighted by atomic mass is 10.5. The van der Waals surface area contributed by atoms with Gasteiger partial charge in [0.1, 0.15) is 0 Å². The zero-order valence-electron chi connectivity index (χ0n) is 16.6. The monoisotopic (exact) mass is 365 g/mol. The van der Waals surface area contributed by atoms with Crippen molar-refractivity contribution < 1.29 is 0 Å². The smallest absolute Gasteiger partial charge is 0.0856 e. The Labute approximate surface area is 139 Å². The summed E-state index contributed by atoms with van der Waals surface area (Å²) in [5.41, 5.74) is 2.70. The van der Waals surface area contributed by atoms with Gasteiger partial charge in [0.2, 0.25) is 0 Å². The molecule has 0 saturated carbocycles. The minimum Gasteiger partial charge on any atom is -0.240 e. The molecule has 0 N–H and O–H groups in total. The molecule has 1 unspecified atom stereocenters. The molecule has 1 atom stereocenters. The van der Waals surface area contributed by atoms with Gasteiger partial charge in [-0.05, 0) is 6.66 Å². The molecule has 3 nitrogen and oxygen atoms in total. The summed E-state index contributed by atoms with van der Waals surface area (Å²) in [5, 5.41) is 0. The molecule has 0 saturated heterocycles. The maximum atomic E-state index is 5.64. The first-order chi connectivity index (χ1) is 9.84. The number of hydrogen-bond acceptors (Lipinski definition) is 3. The van der Waals surface area contributed by atoms with Gasteiger partial charge in [-0.2, -0.15) is 0 Å². The molecule has 1 aliphatic heterocycles. The molecule has 1 heterocycles. The Kier molecular flexibility index (Phi) is 6.50. The van der Waals surface area contributed by atoms with E-state index in [2.05, 4.69) is 75.9 Å². The molecule has 0 amide bonds. The third-order valence-corrected chi connectivity index (χ3v) is 20.5. The Bertz CT molecular complexity index is 526. The Morgan fingerprint density at radius 2 is 0.773 bits per heavy atom. The van der Waals surface area contributed by atoms with E-state index < -0.39 is 21.6 Å². The number of nitrogens with zero attached hydrogens (tertiary/aromatic N) is 3. The SMILES string of the molecule is CC(C)P1(C)=NP(C(C)C)(C(C)C)=NP(C(C)C)(C(C)C)=N1. The molecule has 1 rings (SSSR count). The summed E-state index contributed by atoms with van der Waals surface area (Å²) < 4.78 is 16.7. The van der Waals surface area contributed by atoms with Crippen molar-refractivity contribution in [2.45, 2.75) is 97.5 Å². The first-order valence-electron chi connectivity index (χ1n) is 8.71. The molecule has 0 radical (unpaired) electrons. The third-order valence-electron chi connectivity index (χ3n) is 4.95. The van der Waals surface area contributed by atoms with Gasteiger partial charge in [-0.15, -0.1) is 0 Å². The first kappa shape index (κ1) is 20.7. The van der Waals surface area contributed by atoms with E-state index in [0.29, 0.717) is 28.3 Å². The molecule has 0 aromatic heterocycles. The average Bonchev–Trinajstić information content (AvgIpc) is 2.36. The highest BCUT2D eigenvalue weighted by atomic mass is 31.3. The molecule has 0 spiro atoms. The Hall–Kier alpha value is 0.690. The second-order valence-corrected chi connectivity index (χ2v) is 20.2. The van der Waals surface area contributed by atoms with Crippen LogP contribution in [0, 0.1) is 0 Å². The van der Waals surface area contributed by atoms with Crippen LogP contribution in [-0.2, 0) is 0 Å². The van der Waals surface area contributed by atoms with E-state index in [9.17, 15) is 0 Å². The van der Waals surface area contributed by atoms with Crippen LogP contribution in [0.25, 0.3) is 0 Å². The molecule has 1 aliphatic rings. The minimum atomic E-state index is -1.68. The lowest BCUT2D eigenvalue weighted by Gasteiger charge is -2.43. The standard InChI is InChI=1S/C16H38N3P3/c1-12(2)20(11)17-21(13(3)4,14(5)6)19-22(18-20,15(7)8)16(9)10/h12-16H,1-11H3. The van der Waals surface area contributed by atoms with Crippen molar-refractivity contribution in [2.75, 3.05) is 6.66 Å². The van der Waals surface area contributed by atoms with Crippen LogP contribution in [-0.4, -0.2) is 35.0 Å². The Balaban J connectivity index is 4.00. The predicted octanol–water partition coefficient (Wildman–Crippen LogP) is 8.02. The van der Waals surface area contributed by atoms with E-state index in [0.717, 1.165) is 0 Å². The molecule has 132 valence electrons. The summed E-state index contributed by atoms with van der Waals surface area (Å²) in [6, 6.07) is 0. The van der Waals surface area contributed by atoms with Crippen LogP contribution in [0.15, 0.2) is 13.5 Å². The van der Waals surface area contributed by atoms with Crippen LogP contribution in [0.1, 0.15) is 69.2 Å². The Morgan fingerprint density at radius 1 is 0.455 bits per heavy atom. The molecule has 0 aliphatic carbocycles. The van der Waals surface area contributed by atoms with Crippen molar-refractivity contribution in [1.29, 1.82) is 0 Å². The van der Waals surface area contributed by atoms with E-state index in [4.69, 9.17) is 13.5 Å². The van der Waals surface area contributed by atoms with E-state index in [1.807, 2.05) is 0 Å². The summed E-state index contributed by atoms with van der Waals surface area (Å²) >= 11 is 0. The normalized spacial score (nSPS) is 27.3. The predicted molar refractivity (Wildman–Crippen MR) is 110 cm³/mol. The maximum absolute atomic E-state index is 5.64. The molecule has 0 fully saturated rings. The number of hydrogen-bond donors (Lipinski definition) is 0. The summed E-state index contributed by atoms with van der Waals surface area (Å²) in [6.45, 7) is 25.7. The topological polar surface area (TPSA) is 37.1 Å². The quantitative estimate of drug-likeness (QED) is 0.442. The van der Waals surface area contributed by atoms with E-state index >= 15 is 0 Å². The van der Waals surface area contributed by atoms with Gasteiger partial charge < -0.3 is 0 Å². The second-order valence-electron chi connectivity index (χ2n) is 8.12. The van der Waals surface area contributed by atoms with Crippen molar-refractivity contribution in [2.24, 2.45) is 13.5 Å². The fraction of sp³-hybridized carbons (Fsp3) is 1.00. The van der Waals surface area contributed by atoms with Gasteiger partial charge >= 0.3 is 0 Å². The maximum Gasteiger partial charge on any atom is 0.0856 e. The largest absolute Gasteiger partial charge is 0.240 e. The van der Waals surface area contributed by atoms with Crippen LogP contribution in [0.2, 0.25) is 0 Å². The van der Waals surface area contributed by atoms with Crippen molar-refractivity contribution in [3.05, 3.63) is 0 Å². The van der Waals surface area contributed by atoms with Crippen LogP contribution < -0.4 is 0 Å². The van der Waals surface area contributed by atoms with Crippen LogP contribution in [0.4, 0.5) is 0 Å². The minimum absolute atomic E-state index is 0.539. The highest BCUT2D eigenvalue weighted by Crippen LogP contribution is 2.83. The van der Waals surface area contributed by atoms with Gasteiger partial charge in [-0.1, -0.05) is 69.2 Å². The zero-order valence-corrected chi connectivity index (χ0v) is 19.3. The summed E-state index contributed by atoms with van der Waals surface area (Å²) in [6.07, 6.45) is 0. The van der Waals surface area contributed by atoms with E-state index in [1.54, 1.807) is 0 Å². The fourth-order valence-corrected chi connectivity index (χ4v) is 21.6. The van der Waals surface area contributed by atoms with Crippen molar-refractivity contribution in [3.63, 3.8) is 0 Å². The second kappa shape index (κ2) is 6.90. The molecular formula is C16H38N3P3. The Morgan fingerprint density at radius 3 is 1.05 bits per heavy atom. The van der Waals surface area contributed by atoms with Crippen LogP contribution in [0.5, 0.6) is 0 Å². The van der Waals surface area contributed by atoms with Gasteiger partial charge in [-0.3, -0.25) is 0 Å².